The minimum absolute atomic E-state index is 0.722. The second-order valence-electron chi connectivity index (χ2n) is 10.3. The van der Waals surface area contributed by atoms with Crippen LogP contribution in [-0.4, -0.2) is 37.6 Å². The smallest absolute Gasteiger partial charge is 0.295 e. The zero-order valence-electron chi connectivity index (χ0n) is 22.3. The third kappa shape index (κ3) is 10.6. The highest BCUT2D eigenvalue weighted by molar-refractivity contribution is 7.65. The molecule has 0 radical (unpaired) electrons. The lowest BCUT2D eigenvalue weighted by atomic mass is 10.2. The summed E-state index contributed by atoms with van der Waals surface area (Å²) >= 11 is 72.6. The van der Waals surface area contributed by atoms with Crippen molar-refractivity contribution in [3.8, 4) is 0 Å². The van der Waals surface area contributed by atoms with Crippen molar-refractivity contribution in [2.75, 3.05) is 0 Å². The van der Waals surface area contributed by atoms with E-state index in [9.17, 15) is 9.13 Å². The molecule has 0 aromatic heterocycles. The van der Waals surface area contributed by atoms with E-state index in [2.05, 4.69) is 13.2 Å². The number of hydrogen-bond acceptors (Lipinski definition) is 6. The van der Waals surface area contributed by atoms with Gasteiger partial charge in [0.25, 0.3) is 0 Å². The van der Waals surface area contributed by atoms with Gasteiger partial charge >= 0.3 is 15.2 Å². The van der Waals surface area contributed by atoms with Crippen LogP contribution in [0.5, 0.6) is 0 Å². The minimum Gasteiger partial charge on any atom is -0.295 e. The lowest BCUT2D eigenvalue weighted by molar-refractivity contribution is 0.0347. The SMILES string of the molecule is C=C(C(=C)P(=O)(OC(C)(C)C(Cl)(Cl)Cl)OC(C)(C)C(Cl)(Cl)Cl)P(=O)(OC(C)(C)C(Cl)(Cl)Cl)OC(C)(C)C(Cl)(Cl)Cl. The molecule has 0 aromatic rings. The molecule has 0 saturated heterocycles. The van der Waals surface area contributed by atoms with Crippen LogP contribution in [0.1, 0.15) is 55.4 Å². The zero-order chi connectivity index (χ0) is 33.0. The summed E-state index contributed by atoms with van der Waals surface area (Å²) in [5.41, 5.74) is -7.50. The first-order chi connectivity index (χ1) is 16.9. The van der Waals surface area contributed by atoms with Crippen molar-refractivity contribution in [3.63, 3.8) is 0 Å². The molecule has 6 nitrogen and oxygen atoms in total. The molecule has 0 unspecified atom stereocenters. The van der Waals surface area contributed by atoms with E-state index in [1.807, 2.05) is 0 Å². The van der Waals surface area contributed by atoms with Crippen LogP contribution in [0.4, 0.5) is 0 Å². The number of halogens is 12. The molecule has 0 aromatic carbocycles. The molecular formula is C20H28Cl12O6P2. The Morgan fingerprint density at radius 3 is 0.650 bits per heavy atom. The molecule has 40 heavy (non-hydrogen) atoms. The summed E-state index contributed by atoms with van der Waals surface area (Å²) in [7, 11) is -9.88. The average molecular weight is 852 g/mol. The summed E-state index contributed by atoms with van der Waals surface area (Å²) in [5, 5.41) is -1.44. The summed E-state index contributed by atoms with van der Waals surface area (Å²) in [6.45, 7) is 17.5. The van der Waals surface area contributed by atoms with Crippen LogP contribution in [0.25, 0.3) is 0 Å². The van der Waals surface area contributed by atoms with Crippen LogP contribution in [0, 0.1) is 0 Å². The van der Waals surface area contributed by atoms with Crippen molar-refractivity contribution in [1.29, 1.82) is 0 Å². The van der Waals surface area contributed by atoms with Crippen LogP contribution < -0.4 is 0 Å². The highest BCUT2D eigenvalue weighted by Gasteiger charge is 2.58. The van der Waals surface area contributed by atoms with E-state index in [-0.39, 0.29) is 0 Å². The van der Waals surface area contributed by atoms with Crippen molar-refractivity contribution < 1.29 is 27.2 Å². The Bertz CT molecular complexity index is 918. The van der Waals surface area contributed by atoms with Crippen molar-refractivity contribution in [2.24, 2.45) is 0 Å². The summed E-state index contributed by atoms with van der Waals surface area (Å²) in [6.07, 6.45) is 0. The molecule has 0 aliphatic carbocycles. The standard InChI is InChI=1S/C20H28Cl12O6P2/c1-11(39(33,35-13(3,4)17(21,22)23)36-14(5,6)18(24,25)26)12(2)40(34,37-15(7,8)19(27,28)29)38-16(9,10)20(30,31)32/h1-2H2,3-10H3. The summed E-state index contributed by atoms with van der Waals surface area (Å²) in [4.78, 5) is 0. The summed E-state index contributed by atoms with van der Waals surface area (Å²) in [6, 6.07) is 0. The normalized spacial score (nSPS) is 15.8. The maximum Gasteiger partial charge on any atom is 0.362 e. The molecular weight excluding hydrogens is 824 g/mol. The van der Waals surface area contributed by atoms with E-state index in [0.717, 1.165) is 0 Å². The van der Waals surface area contributed by atoms with Gasteiger partial charge in [0, 0.05) is 0 Å². The van der Waals surface area contributed by atoms with Gasteiger partial charge in [0.2, 0.25) is 15.2 Å². The minimum atomic E-state index is -4.94. The average Bonchev–Trinajstić information content (AvgIpc) is 2.61. The summed E-state index contributed by atoms with van der Waals surface area (Å²) in [5.74, 6) is 0. The van der Waals surface area contributed by atoms with Crippen LogP contribution in [0.15, 0.2) is 23.8 Å². The summed E-state index contributed by atoms with van der Waals surface area (Å²) < 4.78 is 43.0. The molecule has 0 saturated carbocycles. The van der Waals surface area contributed by atoms with E-state index < -0.39 is 63.4 Å². The predicted octanol–water partition coefficient (Wildman–Crippen LogP) is 13.1. The largest absolute Gasteiger partial charge is 0.362 e. The van der Waals surface area contributed by atoms with Crippen molar-refractivity contribution >= 4 is 154 Å². The first-order valence-corrected chi connectivity index (χ1v) is 18.2. The third-order valence-corrected chi connectivity index (χ3v) is 15.4. The topological polar surface area (TPSA) is 71.1 Å². The van der Waals surface area contributed by atoms with E-state index in [0.29, 0.717) is 0 Å². The molecule has 0 rings (SSSR count). The van der Waals surface area contributed by atoms with Gasteiger partial charge < -0.3 is 0 Å². The maximum absolute atomic E-state index is 14.5. The van der Waals surface area contributed by atoms with Crippen LogP contribution in [0.2, 0.25) is 0 Å². The number of alkyl halides is 12. The Kier molecular flexibility index (Phi) is 14.5. The number of allylic oxidation sites excluding steroid dienone is 2. The molecule has 20 heteroatoms. The van der Waals surface area contributed by atoms with E-state index >= 15 is 0 Å². The molecule has 0 amide bonds. The lowest BCUT2D eigenvalue weighted by Gasteiger charge is -2.43. The van der Waals surface area contributed by atoms with Gasteiger partial charge in [-0.1, -0.05) is 152 Å². The molecule has 0 aliphatic heterocycles. The predicted molar refractivity (Wildman–Crippen MR) is 175 cm³/mol. The molecule has 0 atom stereocenters. The fourth-order valence-electron chi connectivity index (χ4n) is 1.98. The number of hydrogen-bond donors (Lipinski definition) is 0. The lowest BCUT2D eigenvalue weighted by Crippen LogP contribution is -2.43. The van der Waals surface area contributed by atoms with Gasteiger partial charge in [0.15, 0.2) is 0 Å². The second-order valence-corrected chi connectivity index (χ2v) is 23.2. The fraction of sp³-hybridized carbons (Fsp3) is 0.800. The zero-order valence-corrected chi connectivity index (χ0v) is 33.2. The third-order valence-electron chi connectivity index (χ3n) is 5.12. The highest BCUT2D eigenvalue weighted by atomic mass is 35.6. The van der Waals surface area contributed by atoms with Gasteiger partial charge in [-0.2, -0.15) is 0 Å². The molecule has 0 aliphatic rings. The first-order valence-electron chi connectivity index (χ1n) is 10.6. The van der Waals surface area contributed by atoms with Crippen LogP contribution in [-0.2, 0) is 27.2 Å². The van der Waals surface area contributed by atoms with Gasteiger partial charge in [0.1, 0.15) is 22.4 Å². The highest BCUT2D eigenvalue weighted by Crippen LogP contribution is 2.74. The molecule has 0 N–H and O–H groups in total. The molecule has 0 bridgehead atoms. The Morgan fingerprint density at radius 1 is 0.425 bits per heavy atom. The molecule has 0 fully saturated rings. The Balaban J connectivity index is 7.31. The van der Waals surface area contributed by atoms with Crippen LogP contribution >= 0.6 is 154 Å². The van der Waals surface area contributed by atoms with Crippen molar-refractivity contribution in [2.45, 2.75) is 93.0 Å². The molecule has 0 heterocycles. The first kappa shape index (κ1) is 43.3. The monoisotopic (exact) mass is 846 g/mol. The van der Waals surface area contributed by atoms with Gasteiger partial charge in [-0.05, 0) is 55.4 Å². The van der Waals surface area contributed by atoms with E-state index in [1.165, 1.54) is 55.4 Å². The number of rotatable bonds is 11. The van der Waals surface area contributed by atoms with Gasteiger partial charge in [-0.15, -0.1) is 0 Å². The van der Waals surface area contributed by atoms with E-state index in [4.69, 9.17) is 157 Å². The maximum atomic E-state index is 14.5. The second kappa shape index (κ2) is 13.4. The van der Waals surface area contributed by atoms with Crippen LogP contribution in [0.3, 0.4) is 0 Å². The molecule has 238 valence electrons. The molecule has 0 spiro atoms. The van der Waals surface area contributed by atoms with Gasteiger partial charge in [0.05, 0.1) is 10.6 Å². The Labute approximate surface area is 295 Å². The van der Waals surface area contributed by atoms with Gasteiger partial charge in [-0.3, -0.25) is 27.2 Å². The van der Waals surface area contributed by atoms with E-state index in [1.54, 1.807) is 0 Å². The van der Waals surface area contributed by atoms with Crippen molar-refractivity contribution in [1.82, 2.24) is 0 Å². The van der Waals surface area contributed by atoms with Gasteiger partial charge in [-0.25, -0.2) is 0 Å². The quantitative estimate of drug-likeness (QED) is 0.117. The Hall–Kier alpha value is 3.26. The van der Waals surface area contributed by atoms with Crippen molar-refractivity contribution in [3.05, 3.63) is 23.8 Å². The Morgan fingerprint density at radius 2 is 0.550 bits per heavy atom. The fourth-order valence-corrected chi connectivity index (χ4v) is 7.92.